The minimum atomic E-state index is -0.125. The number of carbonyl (C=O) groups excluding carboxylic acids is 2. The number of nitrogens with one attached hydrogen (secondary N) is 1. The molecule has 2 aromatic rings. The zero-order valence-electron chi connectivity index (χ0n) is 12.8. The number of pyridine rings is 1. The Balaban J connectivity index is 1.69. The Morgan fingerprint density at radius 3 is 2.52 bits per heavy atom. The molecule has 0 aliphatic heterocycles. The van der Waals surface area contributed by atoms with Crippen LogP contribution < -0.4 is 5.32 Å². The molecule has 0 saturated carbocycles. The summed E-state index contributed by atoms with van der Waals surface area (Å²) in [6.45, 7) is 0.448. The van der Waals surface area contributed by atoms with Crippen molar-refractivity contribution in [2.24, 2.45) is 0 Å². The lowest BCUT2D eigenvalue weighted by molar-refractivity contribution is -0.122. The Kier molecular flexibility index (Phi) is 4.62. The first-order chi connectivity index (χ1) is 11.2. The van der Waals surface area contributed by atoms with Gasteiger partial charge in [0.25, 0.3) is 0 Å². The molecule has 0 radical (unpaired) electrons. The van der Waals surface area contributed by atoms with Crippen LogP contribution in [0, 0.1) is 0 Å². The minimum Gasteiger partial charge on any atom is -0.352 e. The number of hydrogen-bond donors (Lipinski definition) is 1. The van der Waals surface area contributed by atoms with Crippen molar-refractivity contribution >= 4 is 17.3 Å². The minimum absolute atomic E-state index is 0.0860. The van der Waals surface area contributed by atoms with Crippen molar-refractivity contribution < 1.29 is 9.59 Å². The molecule has 0 bridgehead atoms. The molecule has 0 atom stereocenters. The Bertz CT molecular complexity index is 736. The Morgan fingerprint density at radius 1 is 1.04 bits per heavy atom. The van der Waals surface area contributed by atoms with Crippen LogP contribution in [-0.4, -0.2) is 16.7 Å². The second-order valence-electron chi connectivity index (χ2n) is 5.56. The first-order valence-electron chi connectivity index (χ1n) is 7.70. The van der Waals surface area contributed by atoms with Crippen molar-refractivity contribution in [3.63, 3.8) is 0 Å². The second kappa shape index (κ2) is 7.01. The summed E-state index contributed by atoms with van der Waals surface area (Å²) in [6.07, 6.45) is 4.75. The molecule has 23 heavy (non-hydrogen) atoms. The molecule has 1 aliphatic rings. The van der Waals surface area contributed by atoms with Crippen LogP contribution in [0.4, 0.5) is 0 Å². The standard InChI is InChI=1S/C19H18N2O2/c22-18-7-6-16(15-4-2-1-3-5-15)17(18)12-19(23)21-13-14-8-10-20-11-9-14/h1-5,8-11H,6-7,12-13H2,(H,21,23). The van der Waals surface area contributed by atoms with E-state index >= 15 is 0 Å². The number of carbonyl (C=O) groups is 2. The van der Waals surface area contributed by atoms with Gasteiger partial charge in [0.05, 0.1) is 6.42 Å². The molecule has 1 N–H and O–H groups in total. The van der Waals surface area contributed by atoms with Crippen LogP contribution in [0.3, 0.4) is 0 Å². The summed E-state index contributed by atoms with van der Waals surface area (Å²) in [5, 5.41) is 2.87. The Morgan fingerprint density at radius 2 is 1.78 bits per heavy atom. The van der Waals surface area contributed by atoms with Crippen LogP contribution in [0.15, 0.2) is 60.4 Å². The van der Waals surface area contributed by atoms with Gasteiger partial charge in [-0.1, -0.05) is 30.3 Å². The lowest BCUT2D eigenvalue weighted by Gasteiger charge is -2.08. The number of hydrogen-bond acceptors (Lipinski definition) is 3. The highest BCUT2D eigenvalue weighted by atomic mass is 16.2. The Hall–Kier alpha value is -2.75. The zero-order chi connectivity index (χ0) is 16.1. The van der Waals surface area contributed by atoms with Crippen molar-refractivity contribution in [3.05, 3.63) is 71.6 Å². The van der Waals surface area contributed by atoms with Crippen LogP contribution in [0.1, 0.15) is 30.4 Å². The van der Waals surface area contributed by atoms with E-state index in [1.807, 2.05) is 42.5 Å². The van der Waals surface area contributed by atoms with Crippen molar-refractivity contribution in [1.29, 1.82) is 0 Å². The van der Waals surface area contributed by atoms with Gasteiger partial charge >= 0.3 is 0 Å². The molecule has 1 aliphatic carbocycles. The van der Waals surface area contributed by atoms with Crippen molar-refractivity contribution in [2.45, 2.75) is 25.8 Å². The van der Waals surface area contributed by atoms with E-state index in [9.17, 15) is 9.59 Å². The molecule has 3 rings (SSSR count). The normalized spacial score (nSPS) is 14.2. The highest BCUT2D eigenvalue weighted by Gasteiger charge is 2.25. The van der Waals surface area contributed by atoms with Crippen LogP contribution in [0.5, 0.6) is 0 Å². The smallest absolute Gasteiger partial charge is 0.224 e. The average molecular weight is 306 g/mol. The molecule has 1 aromatic heterocycles. The van der Waals surface area contributed by atoms with E-state index in [2.05, 4.69) is 10.3 Å². The van der Waals surface area contributed by atoms with E-state index in [0.29, 0.717) is 18.5 Å². The van der Waals surface area contributed by atoms with Gasteiger partial charge in [0.15, 0.2) is 5.78 Å². The summed E-state index contributed by atoms with van der Waals surface area (Å²) < 4.78 is 0. The van der Waals surface area contributed by atoms with Crippen LogP contribution >= 0.6 is 0 Å². The van der Waals surface area contributed by atoms with Crippen molar-refractivity contribution in [2.75, 3.05) is 0 Å². The van der Waals surface area contributed by atoms with Crippen LogP contribution in [0.25, 0.3) is 5.57 Å². The number of Topliss-reactive ketones (excluding diaryl/α,β-unsaturated/α-hetero) is 1. The van der Waals surface area contributed by atoms with Crippen molar-refractivity contribution in [3.8, 4) is 0 Å². The molecule has 0 spiro atoms. The molecule has 116 valence electrons. The largest absolute Gasteiger partial charge is 0.352 e. The lowest BCUT2D eigenvalue weighted by Crippen LogP contribution is -2.24. The molecule has 0 unspecified atom stereocenters. The van der Waals surface area contributed by atoms with E-state index in [4.69, 9.17) is 0 Å². The number of rotatable bonds is 5. The predicted octanol–water partition coefficient (Wildman–Crippen LogP) is 2.90. The van der Waals surface area contributed by atoms with Gasteiger partial charge in [-0.05, 0) is 35.3 Å². The quantitative estimate of drug-likeness (QED) is 0.924. The van der Waals surface area contributed by atoms with Gasteiger partial charge in [0.1, 0.15) is 0 Å². The monoisotopic (exact) mass is 306 g/mol. The summed E-state index contributed by atoms with van der Waals surface area (Å²) >= 11 is 0. The maximum Gasteiger partial charge on any atom is 0.224 e. The molecule has 4 heteroatoms. The molecular formula is C19H18N2O2. The third-order valence-corrected chi connectivity index (χ3v) is 4.00. The summed E-state index contributed by atoms with van der Waals surface area (Å²) in [7, 11) is 0. The highest BCUT2D eigenvalue weighted by Crippen LogP contribution is 2.33. The number of ketones is 1. The van der Waals surface area contributed by atoms with Gasteiger partial charge < -0.3 is 5.32 Å². The molecule has 4 nitrogen and oxygen atoms in total. The average Bonchev–Trinajstić information content (AvgIpc) is 2.95. The molecule has 0 fully saturated rings. The topological polar surface area (TPSA) is 59.1 Å². The van der Waals surface area contributed by atoms with E-state index in [1.165, 1.54) is 0 Å². The third kappa shape index (κ3) is 3.72. The summed E-state index contributed by atoms with van der Waals surface area (Å²) in [5.74, 6) is -0.0385. The zero-order valence-corrected chi connectivity index (χ0v) is 12.8. The van der Waals surface area contributed by atoms with Crippen LogP contribution in [0.2, 0.25) is 0 Å². The first kappa shape index (κ1) is 15.2. The van der Waals surface area contributed by atoms with Gasteiger partial charge in [-0.25, -0.2) is 0 Å². The van der Waals surface area contributed by atoms with Gasteiger partial charge in [-0.3, -0.25) is 14.6 Å². The Labute approximate surface area is 135 Å². The van der Waals surface area contributed by atoms with Crippen LogP contribution in [-0.2, 0) is 16.1 Å². The van der Waals surface area contributed by atoms with Gasteiger partial charge in [0.2, 0.25) is 5.91 Å². The van der Waals surface area contributed by atoms with Crippen molar-refractivity contribution in [1.82, 2.24) is 10.3 Å². The fourth-order valence-corrected chi connectivity index (χ4v) is 2.80. The number of nitrogens with zero attached hydrogens (tertiary/aromatic N) is 1. The number of allylic oxidation sites excluding steroid dienone is 1. The molecular weight excluding hydrogens is 288 g/mol. The second-order valence-corrected chi connectivity index (χ2v) is 5.56. The SMILES string of the molecule is O=C(CC1=C(c2ccccc2)CCC1=O)NCc1ccncc1. The highest BCUT2D eigenvalue weighted by molar-refractivity contribution is 6.10. The fraction of sp³-hybridized carbons (Fsp3) is 0.211. The number of aromatic nitrogens is 1. The number of amides is 1. The first-order valence-corrected chi connectivity index (χ1v) is 7.70. The number of benzene rings is 1. The fourth-order valence-electron chi connectivity index (χ4n) is 2.80. The van der Waals surface area contributed by atoms with E-state index in [1.54, 1.807) is 12.4 Å². The van der Waals surface area contributed by atoms with Gasteiger partial charge in [-0.15, -0.1) is 0 Å². The summed E-state index contributed by atoms with van der Waals surface area (Å²) in [4.78, 5) is 28.2. The van der Waals surface area contributed by atoms with Gasteiger partial charge in [-0.2, -0.15) is 0 Å². The lowest BCUT2D eigenvalue weighted by atomic mass is 10.00. The summed E-state index contributed by atoms with van der Waals surface area (Å²) in [6, 6.07) is 13.5. The van der Waals surface area contributed by atoms with E-state index in [-0.39, 0.29) is 18.1 Å². The van der Waals surface area contributed by atoms with E-state index < -0.39 is 0 Å². The molecule has 1 amide bonds. The molecule has 1 heterocycles. The molecule has 1 aromatic carbocycles. The predicted molar refractivity (Wildman–Crippen MR) is 88.3 cm³/mol. The van der Waals surface area contributed by atoms with E-state index in [0.717, 1.165) is 23.1 Å². The third-order valence-electron chi connectivity index (χ3n) is 4.00. The maximum absolute atomic E-state index is 12.2. The summed E-state index contributed by atoms with van der Waals surface area (Å²) in [5.41, 5.74) is 3.69. The molecule has 0 saturated heterocycles. The van der Waals surface area contributed by atoms with Gasteiger partial charge in [0, 0.05) is 30.9 Å². The maximum atomic E-state index is 12.2.